The molecule has 11 heteroatoms. The number of hydrogen-bond acceptors (Lipinski definition) is 5. The van der Waals surface area contributed by atoms with Crippen molar-refractivity contribution >= 4 is 39.5 Å². The average molecular weight is 567 g/mol. The molecule has 0 bridgehead atoms. The van der Waals surface area contributed by atoms with Crippen molar-refractivity contribution in [3.8, 4) is 11.3 Å². The Morgan fingerprint density at radius 1 is 0.976 bits per heavy atom. The fourth-order valence-corrected chi connectivity index (χ4v) is 4.51. The Hall–Kier alpha value is -5.06. The van der Waals surface area contributed by atoms with Crippen LogP contribution in [0.3, 0.4) is 0 Å². The maximum absolute atomic E-state index is 13.4. The Kier molecular flexibility index (Phi) is 7.91. The number of aromatic nitrogens is 1. The predicted molar refractivity (Wildman–Crippen MR) is 148 cm³/mol. The fraction of sp³-hybridized carbons (Fsp3) is 0.167. The van der Waals surface area contributed by atoms with Crippen LogP contribution in [0, 0.1) is 13.8 Å². The number of hydrogen-bond donors (Lipinski definition) is 4. The van der Waals surface area contributed by atoms with E-state index in [4.69, 9.17) is 14.3 Å². The number of aryl methyl sites for hydroxylation is 1. The minimum absolute atomic E-state index is 0.0791. The van der Waals surface area contributed by atoms with Gasteiger partial charge in [0.25, 0.3) is 0 Å². The van der Waals surface area contributed by atoms with Gasteiger partial charge >= 0.3 is 18.1 Å². The van der Waals surface area contributed by atoms with E-state index in [1.165, 1.54) is 0 Å². The van der Waals surface area contributed by atoms with Gasteiger partial charge in [-0.15, -0.1) is 0 Å². The van der Waals surface area contributed by atoms with Gasteiger partial charge in [-0.3, -0.25) is 4.79 Å². The van der Waals surface area contributed by atoms with Gasteiger partial charge in [-0.1, -0.05) is 36.4 Å². The number of H-pyrrole nitrogens is 1. The van der Waals surface area contributed by atoms with E-state index in [0.717, 1.165) is 27.6 Å². The summed E-state index contributed by atoms with van der Waals surface area (Å²) >= 11 is 0. The minimum Gasteiger partial charge on any atom is -0.478 e. The maximum Gasteiger partial charge on any atom is 0.490 e. The predicted octanol–water partition coefficient (Wildman–Crippen LogP) is 7.06. The van der Waals surface area contributed by atoms with E-state index >= 15 is 0 Å². The van der Waals surface area contributed by atoms with Crippen LogP contribution in [-0.4, -0.2) is 33.3 Å². The second kappa shape index (κ2) is 11.2. The van der Waals surface area contributed by atoms with Crippen molar-refractivity contribution in [1.82, 2.24) is 4.98 Å². The lowest BCUT2D eigenvalue weighted by atomic mass is 9.98. The van der Waals surface area contributed by atoms with Crippen molar-refractivity contribution in [2.75, 3.05) is 5.32 Å². The summed E-state index contributed by atoms with van der Waals surface area (Å²) in [5, 5.41) is 21.5. The first-order chi connectivity index (χ1) is 19.3. The van der Waals surface area contributed by atoms with Crippen LogP contribution in [0.25, 0.3) is 33.2 Å². The number of rotatable bonds is 5. The number of alkyl halides is 3. The summed E-state index contributed by atoms with van der Waals surface area (Å²) in [4.78, 5) is 37.3. The van der Waals surface area contributed by atoms with Gasteiger partial charge in [-0.25, -0.2) is 9.59 Å². The molecule has 0 spiro atoms. The summed E-state index contributed by atoms with van der Waals surface area (Å²) in [6.07, 6.45) is -3.22. The molecule has 2 heterocycles. The zero-order valence-corrected chi connectivity index (χ0v) is 22.1. The number of halogens is 3. The van der Waals surface area contributed by atoms with Crippen molar-refractivity contribution in [1.29, 1.82) is 0 Å². The quantitative estimate of drug-likeness (QED) is 0.179. The van der Waals surface area contributed by atoms with Crippen molar-refractivity contribution < 1.29 is 37.4 Å². The molecular weight excluding hydrogens is 541 g/mol. The molecule has 5 aromatic rings. The molecule has 2 aromatic heterocycles. The van der Waals surface area contributed by atoms with Crippen LogP contribution >= 0.6 is 0 Å². The van der Waals surface area contributed by atoms with Crippen LogP contribution in [0.1, 0.15) is 40.0 Å². The number of carboxylic acids is 2. The first-order valence-electron chi connectivity index (χ1n) is 12.3. The van der Waals surface area contributed by atoms with Gasteiger partial charge in [0, 0.05) is 39.5 Å². The second-order valence-electron chi connectivity index (χ2n) is 9.38. The molecule has 3 aromatic carbocycles. The average Bonchev–Trinajstić information content (AvgIpc) is 3.34. The number of benzene rings is 3. The Morgan fingerprint density at radius 3 is 2.27 bits per heavy atom. The van der Waals surface area contributed by atoms with E-state index in [2.05, 4.69) is 10.3 Å². The standard InChI is InChI=1S/C28H24N2O4.C2HF3O2/c1-15-12-20(17(3)30-24-11-7-5-9-19(24)28(32)33)27-21(13-15)25(31)16(2)26(34-27)22-14-29-23-10-6-4-8-18(22)23;3-2(4,5)1(6)7/h4-14,17,29-30H,1-3H3,(H,32,33);(H,6,7). The van der Waals surface area contributed by atoms with Crippen LogP contribution in [0.4, 0.5) is 18.9 Å². The number of para-hydroxylation sites is 2. The SMILES string of the molecule is Cc1cc(C(C)Nc2ccccc2C(=O)O)c2oc(-c3c[nH]c4ccccc34)c(C)c(=O)c2c1.O=C(O)C(F)(F)F. The van der Waals surface area contributed by atoms with Gasteiger partial charge in [0.1, 0.15) is 11.3 Å². The summed E-state index contributed by atoms with van der Waals surface area (Å²) in [5.41, 5.74) is 5.15. The molecule has 41 heavy (non-hydrogen) atoms. The molecule has 8 nitrogen and oxygen atoms in total. The van der Waals surface area contributed by atoms with Crippen LogP contribution in [0.2, 0.25) is 0 Å². The van der Waals surface area contributed by atoms with Gasteiger partial charge in [0.05, 0.1) is 17.0 Å². The first kappa shape index (κ1) is 28.9. The fourth-order valence-electron chi connectivity index (χ4n) is 4.51. The van der Waals surface area contributed by atoms with Crippen molar-refractivity contribution in [3.05, 3.63) is 99.3 Å². The van der Waals surface area contributed by atoms with E-state index in [1.54, 1.807) is 31.2 Å². The molecule has 1 atom stereocenters. The van der Waals surface area contributed by atoms with Crippen molar-refractivity contribution in [2.45, 2.75) is 33.0 Å². The summed E-state index contributed by atoms with van der Waals surface area (Å²) in [7, 11) is 0. The van der Waals surface area contributed by atoms with Crippen molar-refractivity contribution in [2.24, 2.45) is 0 Å². The molecule has 0 aliphatic carbocycles. The molecule has 0 saturated carbocycles. The molecule has 0 aliphatic rings. The number of carboxylic acid groups (broad SMARTS) is 2. The van der Waals surface area contributed by atoms with E-state index in [-0.39, 0.29) is 17.0 Å². The van der Waals surface area contributed by atoms with Crippen LogP contribution < -0.4 is 10.7 Å². The third-order valence-electron chi connectivity index (χ3n) is 6.46. The molecule has 0 saturated heterocycles. The summed E-state index contributed by atoms with van der Waals surface area (Å²) in [5.74, 6) is -3.24. The highest BCUT2D eigenvalue weighted by molar-refractivity contribution is 5.96. The maximum atomic E-state index is 13.4. The highest BCUT2D eigenvalue weighted by Crippen LogP contribution is 2.35. The summed E-state index contributed by atoms with van der Waals surface area (Å²) < 4.78 is 38.2. The van der Waals surface area contributed by atoms with E-state index in [1.807, 2.05) is 56.4 Å². The highest BCUT2D eigenvalue weighted by atomic mass is 19.4. The molecule has 212 valence electrons. The summed E-state index contributed by atoms with van der Waals surface area (Å²) in [6, 6.07) is 18.1. The van der Waals surface area contributed by atoms with E-state index < -0.39 is 18.1 Å². The van der Waals surface area contributed by atoms with Gasteiger partial charge in [-0.2, -0.15) is 13.2 Å². The lowest BCUT2D eigenvalue weighted by molar-refractivity contribution is -0.192. The number of aromatic carboxylic acids is 1. The van der Waals surface area contributed by atoms with E-state index in [0.29, 0.717) is 28.0 Å². The molecular formula is C30H25F3N2O6. The number of carbonyl (C=O) groups is 2. The molecule has 0 amide bonds. The highest BCUT2D eigenvalue weighted by Gasteiger charge is 2.38. The lowest BCUT2D eigenvalue weighted by Crippen LogP contribution is -2.21. The van der Waals surface area contributed by atoms with Crippen molar-refractivity contribution in [3.63, 3.8) is 0 Å². The summed E-state index contributed by atoms with van der Waals surface area (Å²) in [6.45, 7) is 5.65. The van der Waals surface area contributed by atoms with Gasteiger partial charge in [0.2, 0.25) is 0 Å². The topological polar surface area (TPSA) is 133 Å². The third kappa shape index (κ3) is 5.93. The zero-order valence-electron chi connectivity index (χ0n) is 22.1. The Labute approximate surface area is 231 Å². The minimum atomic E-state index is -5.08. The second-order valence-corrected chi connectivity index (χ2v) is 9.38. The first-order valence-corrected chi connectivity index (χ1v) is 12.3. The van der Waals surface area contributed by atoms with Crippen LogP contribution in [-0.2, 0) is 4.79 Å². The number of fused-ring (bicyclic) bond motifs is 2. The van der Waals surface area contributed by atoms with Gasteiger partial charge in [0.15, 0.2) is 5.43 Å². The number of aliphatic carboxylic acids is 1. The van der Waals surface area contributed by atoms with Crippen LogP contribution in [0.5, 0.6) is 0 Å². The Morgan fingerprint density at radius 2 is 1.61 bits per heavy atom. The molecule has 5 rings (SSSR count). The van der Waals surface area contributed by atoms with Crippen LogP contribution in [0.15, 0.2) is 76.1 Å². The normalized spacial score (nSPS) is 12.0. The lowest BCUT2D eigenvalue weighted by Gasteiger charge is -2.19. The molecule has 0 fully saturated rings. The molecule has 1 unspecified atom stereocenters. The molecule has 0 aliphatic heterocycles. The molecule has 0 radical (unpaired) electrons. The van der Waals surface area contributed by atoms with E-state index in [9.17, 15) is 27.9 Å². The zero-order chi connectivity index (χ0) is 30.1. The number of aromatic amines is 1. The van der Waals surface area contributed by atoms with Gasteiger partial charge < -0.3 is 24.9 Å². The number of anilines is 1. The Bertz CT molecular complexity index is 1840. The third-order valence-corrected chi connectivity index (χ3v) is 6.46. The number of nitrogens with one attached hydrogen (secondary N) is 2. The molecule has 4 N–H and O–H groups in total. The monoisotopic (exact) mass is 566 g/mol. The Balaban J connectivity index is 0.000000493. The smallest absolute Gasteiger partial charge is 0.478 e. The largest absolute Gasteiger partial charge is 0.490 e. The van der Waals surface area contributed by atoms with Gasteiger partial charge in [-0.05, 0) is 50.6 Å².